The number of rotatable bonds is 6. The molecular formula is C23H38IN7O. The maximum atomic E-state index is 5.35. The minimum atomic E-state index is 0. The molecular weight excluding hydrogens is 517 g/mol. The Hall–Kier alpha value is -1.62. The molecule has 1 aliphatic carbocycles. The summed E-state index contributed by atoms with van der Waals surface area (Å²) in [7, 11) is 1.87. The fourth-order valence-electron chi connectivity index (χ4n) is 4.98. The van der Waals surface area contributed by atoms with E-state index in [1.807, 2.05) is 19.2 Å². The molecule has 3 heterocycles. The summed E-state index contributed by atoms with van der Waals surface area (Å²) in [6.07, 6.45) is 7.92. The van der Waals surface area contributed by atoms with Crippen LogP contribution in [-0.2, 0) is 6.42 Å². The zero-order valence-corrected chi connectivity index (χ0v) is 21.9. The summed E-state index contributed by atoms with van der Waals surface area (Å²) in [6, 6.07) is 4.48. The minimum absolute atomic E-state index is 0. The molecule has 0 amide bonds. The van der Waals surface area contributed by atoms with Crippen molar-refractivity contribution in [2.75, 3.05) is 39.8 Å². The zero-order chi connectivity index (χ0) is 21.6. The van der Waals surface area contributed by atoms with E-state index in [0.717, 1.165) is 68.8 Å². The van der Waals surface area contributed by atoms with E-state index in [0.29, 0.717) is 11.6 Å². The van der Waals surface area contributed by atoms with Crippen molar-refractivity contribution in [2.45, 2.75) is 52.0 Å². The van der Waals surface area contributed by atoms with Gasteiger partial charge in [0.1, 0.15) is 5.82 Å². The lowest BCUT2D eigenvalue weighted by molar-refractivity contribution is 0.0864. The van der Waals surface area contributed by atoms with Crippen LogP contribution in [0.3, 0.4) is 0 Å². The number of guanidine groups is 1. The van der Waals surface area contributed by atoms with Gasteiger partial charge in [0.2, 0.25) is 5.82 Å². The Labute approximate surface area is 208 Å². The summed E-state index contributed by atoms with van der Waals surface area (Å²) >= 11 is 0. The zero-order valence-electron chi connectivity index (χ0n) is 19.6. The molecule has 32 heavy (non-hydrogen) atoms. The topological polar surface area (TPSA) is 85.6 Å². The number of piperazine rings is 1. The number of furan rings is 1. The van der Waals surface area contributed by atoms with Crippen LogP contribution in [0.1, 0.15) is 45.4 Å². The molecule has 2 aromatic rings. The van der Waals surface area contributed by atoms with Gasteiger partial charge in [-0.1, -0.05) is 13.8 Å². The van der Waals surface area contributed by atoms with Crippen molar-refractivity contribution < 1.29 is 4.42 Å². The molecule has 1 saturated carbocycles. The van der Waals surface area contributed by atoms with Gasteiger partial charge in [0.25, 0.3) is 0 Å². The molecule has 0 atom stereocenters. The Morgan fingerprint density at radius 3 is 2.59 bits per heavy atom. The van der Waals surface area contributed by atoms with Crippen LogP contribution in [-0.4, -0.2) is 76.8 Å². The van der Waals surface area contributed by atoms with E-state index in [1.54, 1.807) is 6.26 Å². The molecule has 0 aromatic carbocycles. The van der Waals surface area contributed by atoms with Crippen molar-refractivity contribution >= 4 is 29.9 Å². The van der Waals surface area contributed by atoms with E-state index in [4.69, 9.17) is 4.42 Å². The predicted octanol–water partition coefficient (Wildman–Crippen LogP) is 3.63. The molecule has 2 N–H and O–H groups in total. The van der Waals surface area contributed by atoms with Gasteiger partial charge in [-0.05, 0) is 49.7 Å². The van der Waals surface area contributed by atoms with Gasteiger partial charge in [-0.25, -0.2) is 4.98 Å². The van der Waals surface area contributed by atoms with Crippen LogP contribution < -0.4 is 5.32 Å². The van der Waals surface area contributed by atoms with E-state index in [-0.39, 0.29) is 24.0 Å². The summed E-state index contributed by atoms with van der Waals surface area (Å²) < 4.78 is 5.35. The highest BCUT2D eigenvalue weighted by Crippen LogP contribution is 2.32. The van der Waals surface area contributed by atoms with E-state index in [2.05, 4.69) is 49.1 Å². The number of nitrogens with one attached hydrogen (secondary N) is 2. The normalized spacial score (nSPS) is 22.8. The molecule has 0 spiro atoms. The average Bonchev–Trinajstić information content (AvgIpc) is 3.49. The quantitative estimate of drug-likeness (QED) is 0.322. The van der Waals surface area contributed by atoms with Crippen molar-refractivity contribution in [1.82, 2.24) is 30.3 Å². The molecule has 1 aliphatic heterocycles. The van der Waals surface area contributed by atoms with Crippen molar-refractivity contribution in [3.63, 3.8) is 0 Å². The SMILES string of the molecule is CN=C(NCCc1nc(-c2ccco2)n[nH]1)N1CCN(C2CCC(C(C)C)CC2)CC1.I. The third kappa shape index (κ3) is 6.24. The fourth-order valence-corrected chi connectivity index (χ4v) is 4.98. The first-order valence-corrected chi connectivity index (χ1v) is 11.8. The lowest BCUT2D eigenvalue weighted by atomic mass is 9.79. The summed E-state index contributed by atoms with van der Waals surface area (Å²) in [5.74, 6) is 4.87. The lowest BCUT2D eigenvalue weighted by Gasteiger charge is -2.43. The molecule has 0 radical (unpaired) electrons. The average molecular weight is 556 g/mol. The van der Waals surface area contributed by atoms with Gasteiger partial charge in [0, 0.05) is 52.2 Å². The van der Waals surface area contributed by atoms with E-state index in [1.165, 1.54) is 25.7 Å². The number of hydrogen-bond donors (Lipinski definition) is 2. The summed E-state index contributed by atoms with van der Waals surface area (Å²) in [4.78, 5) is 14.1. The van der Waals surface area contributed by atoms with Gasteiger partial charge in [-0.2, -0.15) is 5.10 Å². The summed E-state index contributed by atoms with van der Waals surface area (Å²) in [6.45, 7) is 9.85. The van der Waals surface area contributed by atoms with Gasteiger partial charge >= 0.3 is 0 Å². The molecule has 8 nitrogen and oxygen atoms in total. The standard InChI is InChI=1S/C23H37N7O.HI/c1-17(2)18-6-8-19(9-7-18)29-12-14-30(15-13-29)23(24-3)25-11-10-21-26-22(28-27-21)20-5-4-16-31-20;/h4-5,16-19H,6-15H2,1-3H3,(H,24,25)(H,26,27,28);1H. The Balaban J connectivity index is 0.00000289. The number of nitrogens with zero attached hydrogens (tertiary/aromatic N) is 5. The fraction of sp³-hybridized carbons (Fsp3) is 0.696. The monoisotopic (exact) mass is 555 g/mol. The minimum Gasteiger partial charge on any atom is -0.461 e. The maximum Gasteiger partial charge on any atom is 0.216 e. The van der Waals surface area contributed by atoms with Gasteiger partial charge in [0.15, 0.2) is 11.7 Å². The smallest absolute Gasteiger partial charge is 0.216 e. The Bertz CT molecular complexity index is 819. The molecule has 2 fully saturated rings. The Morgan fingerprint density at radius 2 is 1.97 bits per heavy atom. The van der Waals surface area contributed by atoms with Crippen molar-refractivity contribution in [3.8, 4) is 11.6 Å². The van der Waals surface area contributed by atoms with Crippen LogP contribution in [0.5, 0.6) is 0 Å². The highest BCUT2D eigenvalue weighted by atomic mass is 127. The first-order chi connectivity index (χ1) is 15.1. The number of halogens is 1. The van der Waals surface area contributed by atoms with Crippen LogP contribution in [0.2, 0.25) is 0 Å². The van der Waals surface area contributed by atoms with Crippen molar-refractivity contribution in [2.24, 2.45) is 16.8 Å². The van der Waals surface area contributed by atoms with E-state index >= 15 is 0 Å². The number of aromatic nitrogens is 3. The summed E-state index contributed by atoms with van der Waals surface area (Å²) in [5.41, 5.74) is 0. The molecule has 4 rings (SSSR count). The summed E-state index contributed by atoms with van der Waals surface area (Å²) in [5, 5.41) is 10.7. The van der Waals surface area contributed by atoms with Crippen LogP contribution in [0.15, 0.2) is 27.8 Å². The lowest BCUT2D eigenvalue weighted by Crippen LogP contribution is -2.55. The second-order valence-corrected chi connectivity index (χ2v) is 9.14. The van der Waals surface area contributed by atoms with Crippen molar-refractivity contribution in [3.05, 3.63) is 24.2 Å². The molecule has 0 bridgehead atoms. The van der Waals surface area contributed by atoms with Gasteiger partial charge in [0.05, 0.1) is 6.26 Å². The molecule has 2 aromatic heterocycles. The third-order valence-electron chi connectivity index (χ3n) is 6.94. The van der Waals surface area contributed by atoms with Crippen LogP contribution in [0, 0.1) is 11.8 Å². The highest BCUT2D eigenvalue weighted by Gasteiger charge is 2.29. The molecule has 178 valence electrons. The Morgan fingerprint density at radius 1 is 1.22 bits per heavy atom. The second-order valence-electron chi connectivity index (χ2n) is 9.14. The molecule has 2 aliphatic rings. The number of hydrogen-bond acceptors (Lipinski definition) is 5. The number of aromatic amines is 1. The highest BCUT2D eigenvalue weighted by molar-refractivity contribution is 14.0. The number of aliphatic imine (C=N–C) groups is 1. The Kier molecular flexibility index (Phi) is 9.39. The predicted molar refractivity (Wildman–Crippen MR) is 138 cm³/mol. The maximum absolute atomic E-state index is 5.35. The first-order valence-electron chi connectivity index (χ1n) is 11.8. The number of H-pyrrole nitrogens is 1. The van der Waals surface area contributed by atoms with Crippen LogP contribution in [0.4, 0.5) is 0 Å². The van der Waals surface area contributed by atoms with Gasteiger partial charge < -0.3 is 14.6 Å². The molecule has 1 saturated heterocycles. The first kappa shape index (κ1) is 25.0. The largest absolute Gasteiger partial charge is 0.461 e. The van der Waals surface area contributed by atoms with Crippen molar-refractivity contribution in [1.29, 1.82) is 0 Å². The second kappa shape index (κ2) is 12.0. The van der Waals surface area contributed by atoms with Crippen LogP contribution >= 0.6 is 24.0 Å². The van der Waals surface area contributed by atoms with Gasteiger partial charge in [-0.3, -0.25) is 15.0 Å². The van der Waals surface area contributed by atoms with E-state index < -0.39 is 0 Å². The van der Waals surface area contributed by atoms with Crippen LogP contribution in [0.25, 0.3) is 11.6 Å². The molecule has 0 unspecified atom stereocenters. The van der Waals surface area contributed by atoms with Gasteiger partial charge in [-0.15, -0.1) is 24.0 Å². The third-order valence-corrected chi connectivity index (χ3v) is 6.94. The molecule has 9 heteroatoms. The van der Waals surface area contributed by atoms with E-state index in [9.17, 15) is 0 Å².